The van der Waals surface area contributed by atoms with E-state index in [0.717, 1.165) is 38.5 Å². The van der Waals surface area contributed by atoms with E-state index in [1.54, 1.807) is 0 Å². The highest BCUT2D eigenvalue weighted by molar-refractivity contribution is 5.69. The minimum Gasteiger partial charge on any atom is -0.457 e. The van der Waals surface area contributed by atoms with Crippen LogP contribution in [0.1, 0.15) is 284 Å². The first kappa shape index (κ1) is 73.6. The fourth-order valence-corrected chi connectivity index (χ4v) is 10.6. The maximum absolute atomic E-state index is 13.1. The third-order valence-electron chi connectivity index (χ3n) is 15.9. The summed E-state index contributed by atoms with van der Waals surface area (Å²) in [5.41, 5.74) is 0. The first-order chi connectivity index (χ1) is 38.6. The predicted molar refractivity (Wildman–Crippen MR) is 317 cm³/mol. The number of aliphatic hydroxyl groups excluding tert-OH is 7. The van der Waals surface area contributed by atoms with Crippen molar-refractivity contribution >= 4 is 5.97 Å². The van der Waals surface area contributed by atoms with E-state index in [4.69, 9.17) is 28.4 Å². The number of aliphatic hydroxyl groups is 7. The van der Waals surface area contributed by atoms with Gasteiger partial charge < -0.3 is 64.2 Å². The van der Waals surface area contributed by atoms with E-state index < -0.39 is 80.7 Å². The second-order valence-electron chi connectivity index (χ2n) is 23.3. The molecule has 2 rings (SSSR count). The van der Waals surface area contributed by atoms with Crippen LogP contribution in [-0.4, -0.2) is 142 Å². The summed E-state index contributed by atoms with van der Waals surface area (Å²) in [6.07, 6.45) is 45.3. The second-order valence-corrected chi connectivity index (χ2v) is 23.3. The molecule has 14 heteroatoms. The Hall–Kier alpha value is -1.53. The lowest BCUT2D eigenvalue weighted by atomic mass is 9.98. The Bertz CT molecular complexity index is 1400. The molecule has 2 fully saturated rings. The fourth-order valence-electron chi connectivity index (χ4n) is 10.6. The highest BCUT2D eigenvalue weighted by Gasteiger charge is 2.47. The number of ether oxygens (including phenoxy) is 6. The number of unbranched alkanes of at least 4 members (excludes halogenated alkanes) is 37. The molecule has 0 amide bonds. The lowest BCUT2D eigenvalue weighted by Crippen LogP contribution is -2.61. The lowest BCUT2D eigenvalue weighted by Gasteiger charge is -2.42. The fraction of sp³-hybridized carbons (Fsp3) is 0.923. The molecule has 2 aliphatic rings. The molecule has 0 spiro atoms. The maximum Gasteiger partial charge on any atom is 0.306 e. The molecule has 466 valence electrons. The normalized spacial score (nSPS) is 24.1. The minimum atomic E-state index is -1.71. The van der Waals surface area contributed by atoms with Gasteiger partial charge in [0.1, 0.15) is 54.9 Å². The van der Waals surface area contributed by atoms with Crippen LogP contribution in [0.3, 0.4) is 0 Å². The van der Waals surface area contributed by atoms with Crippen molar-refractivity contribution in [2.75, 3.05) is 33.0 Å². The van der Waals surface area contributed by atoms with Crippen molar-refractivity contribution in [3.63, 3.8) is 0 Å². The summed E-state index contributed by atoms with van der Waals surface area (Å²) >= 11 is 0. The van der Waals surface area contributed by atoms with Gasteiger partial charge in [-0.1, -0.05) is 237 Å². The third-order valence-corrected chi connectivity index (χ3v) is 15.9. The predicted octanol–water partition coefficient (Wildman–Crippen LogP) is 13.1. The van der Waals surface area contributed by atoms with E-state index in [9.17, 15) is 40.5 Å². The number of carbonyl (C=O) groups excluding carboxylic acids is 1. The van der Waals surface area contributed by atoms with Gasteiger partial charge in [0.05, 0.1) is 26.4 Å². The van der Waals surface area contributed by atoms with Crippen LogP contribution in [-0.2, 0) is 33.2 Å². The molecule has 0 aliphatic carbocycles. The van der Waals surface area contributed by atoms with Crippen molar-refractivity contribution in [1.29, 1.82) is 0 Å². The zero-order valence-corrected chi connectivity index (χ0v) is 50.4. The van der Waals surface area contributed by atoms with Gasteiger partial charge in [-0.15, -0.1) is 0 Å². The van der Waals surface area contributed by atoms with Crippen LogP contribution >= 0.6 is 0 Å². The minimum absolute atomic E-state index is 0.0644. The number of esters is 1. The Morgan fingerprint density at radius 3 is 1.15 bits per heavy atom. The molecule has 7 N–H and O–H groups in total. The maximum atomic E-state index is 13.1. The van der Waals surface area contributed by atoms with Gasteiger partial charge in [0.25, 0.3) is 0 Å². The summed E-state index contributed by atoms with van der Waals surface area (Å²) in [6, 6.07) is 0. The SMILES string of the molecule is CCCCCCCCCC/C=C\CCCCCCCCCCCCCC(=O)OC(COCCCCCCCCCCCC/C=C\CCCCCCCCCC)COC1OC(COC2OC(CO)C(O)C(O)C2O)C(O)C(O)C1O. The zero-order chi connectivity index (χ0) is 57.2. The number of allylic oxidation sites excluding steroid dienone is 4. The van der Waals surface area contributed by atoms with Crippen LogP contribution in [0.5, 0.6) is 0 Å². The molecule has 0 aromatic rings. The van der Waals surface area contributed by atoms with E-state index in [1.165, 1.54) is 218 Å². The van der Waals surface area contributed by atoms with E-state index >= 15 is 0 Å². The first-order valence-electron chi connectivity index (χ1n) is 32.9. The summed E-state index contributed by atoms with van der Waals surface area (Å²) in [7, 11) is 0. The van der Waals surface area contributed by atoms with Crippen LogP contribution in [0.2, 0.25) is 0 Å². The zero-order valence-electron chi connectivity index (χ0n) is 50.4. The highest BCUT2D eigenvalue weighted by Crippen LogP contribution is 2.27. The summed E-state index contributed by atoms with van der Waals surface area (Å²) < 4.78 is 34.5. The molecule has 2 saturated heterocycles. The molecule has 11 unspecified atom stereocenters. The molecule has 0 aromatic heterocycles. The molecule has 2 aliphatic heterocycles. The van der Waals surface area contributed by atoms with Gasteiger partial charge in [-0.2, -0.15) is 0 Å². The molecule has 79 heavy (non-hydrogen) atoms. The summed E-state index contributed by atoms with van der Waals surface area (Å²) in [5, 5.41) is 72.5. The van der Waals surface area contributed by atoms with Crippen molar-refractivity contribution in [2.45, 2.75) is 351 Å². The van der Waals surface area contributed by atoms with E-state index in [1.807, 2.05) is 0 Å². The van der Waals surface area contributed by atoms with Crippen molar-refractivity contribution in [1.82, 2.24) is 0 Å². The number of hydrogen-bond donors (Lipinski definition) is 7. The monoisotopic (exact) mass is 1130 g/mol. The van der Waals surface area contributed by atoms with Crippen LogP contribution in [0.15, 0.2) is 24.3 Å². The Kier molecular flexibility index (Phi) is 48.5. The molecular formula is C65H122O14. The molecule has 2 heterocycles. The topological polar surface area (TPSA) is 214 Å². The number of hydrogen-bond acceptors (Lipinski definition) is 14. The molecule has 0 aromatic carbocycles. The number of rotatable bonds is 55. The average molecular weight is 1130 g/mol. The third kappa shape index (κ3) is 38.1. The van der Waals surface area contributed by atoms with Gasteiger partial charge in [0.2, 0.25) is 0 Å². The van der Waals surface area contributed by atoms with Gasteiger partial charge in [0, 0.05) is 13.0 Å². The van der Waals surface area contributed by atoms with Crippen molar-refractivity contribution < 1.29 is 69.0 Å². The average Bonchev–Trinajstić information content (AvgIpc) is 3.46. The Morgan fingerprint density at radius 1 is 0.405 bits per heavy atom. The van der Waals surface area contributed by atoms with Gasteiger partial charge >= 0.3 is 5.97 Å². The van der Waals surface area contributed by atoms with Gasteiger partial charge in [0.15, 0.2) is 12.6 Å². The quantitative estimate of drug-likeness (QED) is 0.0172. The lowest BCUT2D eigenvalue weighted by molar-refractivity contribution is -0.332. The Balaban J connectivity index is 1.66. The van der Waals surface area contributed by atoms with Crippen molar-refractivity contribution in [3.8, 4) is 0 Å². The number of carbonyl (C=O) groups is 1. The van der Waals surface area contributed by atoms with Crippen LogP contribution in [0.4, 0.5) is 0 Å². The standard InChI is InChI=1S/C65H122O14/c1-3-5-7-9-11-13-15-17-19-21-23-25-27-28-30-32-34-36-38-40-42-44-46-48-57(67)77-54(51-74-49-47-45-43-41-39-37-35-33-31-29-26-24-22-20-18-16-14-12-10-8-6-4-2)52-75-64-63(73)61(71)59(69)56(79-64)53-76-65-62(72)60(70)58(68)55(50-66)78-65/h21-24,54-56,58-66,68-73H,3-20,25-53H2,1-2H3/b23-21-,24-22-. The largest absolute Gasteiger partial charge is 0.457 e. The molecule has 0 bridgehead atoms. The second kappa shape index (κ2) is 52.1. The van der Waals surface area contributed by atoms with Gasteiger partial charge in [-0.3, -0.25) is 4.79 Å². The van der Waals surface area contributed by atoms with Gasteiger partial charge in [-0.25, -0.2) is 0 Å². The summed E-state index contributed by atoms with van der Waals surface area (Å²) in [4.78, 5) is 13.1. The van der Waals surface area contributed by atoms with E-state index in [0.29, 0.717) is 13.0 Å². The van der Waals surface area contributed by atoms with Crippen LogP contribution in [0.25, 0.3) is 0 Å². The van der Waals surface area contributed by atoms with E-state index in [-0.39, 0.29) is 25.6 Å². The van der Waals surface area contributed by atoms with Crippen LogP contribution in [0, 0.1) is 0 Å². The molecule has 0 radical (unpaired) electrons. The first-order valence-corrected chi connectivity index (χ1v) is 32.9. The van der Waals surface area contributed by atoms with Gasteiger partial charge in [-0.05, 0) is 64.2 Å². The van der Waals surface area contributed by atoms with Crippen LogP contribution < -0.4 is 0 Å². The molecular weight excluding hydrogens is 1000 g/mol. The highest BCUT2D eigenvalue weighted by atomic mass is 16.7. The Morgan fingerprint density at radius 2 is 0.747 bits per heavy atom. The molecule has 0 saturated carbocycles. The Labute approximate surface area is 481 Å². The molecule has 14 nitrogen and oxygen atoms in total. The summed E-state index contributed by atoms with van der Waals surface area (Å²) in [5.74, 6) is -0.372. The molecule has 11 atom stereocenters. The van der Waals surface area contributed by atoms with Crippen molar-refractivity contribution in [3.05, 3.63) is 24.3 Å². The summed E-state index contributed by atoms with van der Waals surface area (Å²) in [6.45, 7) is 3.75. The van der Waals surface area contributed by atoms with Crippen molar-refractivity contribution in [2.24, 2.45) is 0 Å². The smallest absolute Gasteiger partial charge is 0.306 e. The van der Waals surface area contributed by atoms with E-state index in [2.05, 4.69) is 38.2 Å².